The van der Waals surface area contributed by atoms with Gasteiger partial charge in [-0.15, -0.1) is 0 Å². The summed E-state index contributed by atoms with van der Waals surface area (Å²) in [6, 6.07) is 0. The van der Waals surface area contributed by atoms with Gasteiger partial charge in [-0.3, -0.25) is 0 Å². The highest BCUT2D eigenvalue weighted by molar-refractivity contribution is 5.83. The second-order valence-electron chi connectivity index (χ2n) is 7.62. The fraction of sp³-hybridized carbons (Fsp3) is 0.571. The van der Waals surface area contributed by atoms with Crippen molar-refractivity contribution < 1.29 is 79.0 Å². The third kappa shape index (κ3) is 77.1. The molecule has 0 aromatic heterocycles. The Balaban J connectivity index is -0.000000102. The first-order valence-corrected chi connectivity index (χ1v) is 12.6. The molecule has 0 amide bonds. The van der Waals surface area contributed by atoms with Crippen molar-refractivity contribution in [1.82, 2.24) is 0 Å². The number of carbonyl (C=O) groups excluding carboxylic acids is 4. The second-order valence-corrected chi connectivity index (χ2v) is 7.62. The predicted molar refractivity (Wildman–Crippen MR) is 151 cm³/mol. The number of aliphatic hydroxyl groups excluding tert-OH is 4. The second kappa shape index (κ2) is 44.0. The van der Waals surface area contributed by atoms with E-state index in [2.05, 4.69) is 31.1 Å². The van der Waals surface area contributed by atoms with E-state index in [1.165, 1.54) is 27.7 Å². The Morgan fingerprint density at radius 1 is 0.409 bits per heavy atom. The first-order chi connectivity index (χ1) is 20.4. The van der Waals surface area contributed by atoms with E-state index < -0.39 is 23.9 Å². The summed E-state index contributed by atoms with van der Waals surface area (Å²) in [5.41, 5.74) is 0.259. The summed E-state index contributed by atoms with van der Waals surface area (Å²) in [4.78, 5) is 38.0. The summed E-state index contributed by atoms with van der Waals surface area (Å²) in [6.45, 7) is 21.4. The lowest BCUT2D eigenvalue weighted by atomic mass is 10.4. The molecule has 0 aliphatic heterocycles. The predicted octanol–water partition coefficient (Wildman–Crippen LogP) is -4.74. The zero-order chi connectivity index (χ0) is 35.9. The molecule has 0 saturated carbocycles. The topological polar surface area (TPSA) is 278 Å². The lowest BCUT2D eigenvalue weighted by molar-refractivity contribution is -0.300. The van der Waals surface area contributed by atoms with Crippen LogP contribution in [0.3, 0.4) is 0 Å². The Kier molecular flexibility index (Phi) is 53.1. The number of aliphatic carboxylic acids is 4. The molecule has 0 aromatic rings. The Bertz CT molecular complexity index is 620. The maximum Gasteiger partial charge on any atom is 0.0701 e. The largest absolute Gasteiger partial charge is 0.545 e. The van der Waals surface area contributed by atoms with Crippen molar-refractivity contribution >= 4 is 23.9 Å². The van der Waals surface area contributed by atoms with Gasteiger partial charge in [0, 0.05) is 0 Å². The van der Waals surface area contributed by atoms with Crippen molar-refractivity contribution in [1.29, 1.82) is 0 Å². The highest BCUT2D eigenvalue weighted by atomic mass is 16.5. The minimum absolute atomic E-state index is 0.0278. The number of rotatable bonds is 18. The van der Waals surface area contributed by atoms with Crippen LogP contribution in [0.5, 0.6) is 0 Å². The lowest BCUT2D eigenvalue weighted by Crippen LogP contribution is -2.22. The van der Waals surface area contributed by atoms with E-state index in [0.29, 0.717) is 52.9 Å². The zero-order valence-electron chi connectivity index (χ0n) is 26.0. The number of aliphatic hydroxyl groups is 4. The summed E-state index contributed by atoms with van der Waals surface area (Å²) < 4.78 is 19.7. The quantitative estimate of drug-likeness (QED) is 0.0808. The molecule has 0 aliphatic carbocycles. The van der Waals surface area contributed by atoms with Crippen molar-refractivity contribution in [3.05, 3.63) is 48.6 Å². The van der Waals surface area contributed by atoms with Gasteiger partial charge >= 0.3 is 0 Å². The molecule has 44 heavy (non-hydrogen) atoms. The van der Waals surface area contributed by atoms with Gasteiger partial charge in [0.15, 0.2) is 0 Å². The van der Waals surface area contributed by atoms with Crippen molar-refractivity contribution in [2.45, 2.75) is 27.7 Å². The number of carboxylic acids is 4. The molecule has 0 rings (SSSR count). The molecule has 0 unspecified atom stereocenters. The van der Waals surface area contributed by atoms with Crippen molar-refractivity contribution in [2.75, 3.05) is 79.3 Å². The van der Waals surface area contributed by atoms with Crippen LogP contribution in [0.15, 0.2) is 48.6 Å². The highest BCUT2D eigenvalue weighted by Crippen LogP contribution is 1.81. The van der Waals surface area contributed by atoms with E-state index >= 15 is 0 Å². The van der Waals surface area contributed by atoms with Crippen LogP contribution >= 0.6 is 0 Å². The van der Waals surface area contributed by atoms with Crippen LogP contribution in [0.1, 0.15) is 27.7 Å². The average Bonchev–Trinajstić information content (AvgIpc) is 2.94. The Morgan fingerprint density at radius 3 is 0.636 bits per heavy atom. The van der Waals surface area contributed by atoms with Gasteiger partial charge in [0.05, 0.1) is 103 Å². The van der Waals surface area contributed by atoms with Gasteiger partial charge in [-0.05, 0) is 50.0 Å². The van der Waals surface area contributed by atoms with Crippen LogP contribution in [0.4, 0.5) is 0 Å². The molecule has 260 valence electrons. The third-order valence-corrected chi connectivity index (χ3v) is 3.08. The van der Waals surface area contributed by atoms with E-state index in [1.54, 1.807) is 0 Å². The number of hydrogen-bond acceptors (Lipinski definition) is 16. The highest BCUT2D eigenvalue weighted by Gasteiger charge is 1.90. The van der Waals surface area contributed by atoms with E-state index in [4.69, 9.17) is 34.6 Å². The molecule has 0 heterocycles. The van der Waals surface area contributed by atoms with Gasteiger partial charge in [-0.25, -0.2) is 0 Å². The molecular weight excluding hydrogens is 592 g/mol. The van der Waals surface area contributed by atoms with E-state index in [-0.39, 0.29) is 48.7 Å². The average molecular weight is 641 g/mol. The van der Waals surface area contributed by atoms with Crippen molar-refractivity contribution in [3.8, 4) is 0 Å². The van der Waals surface area contributed by atoms with Crippen molar-refractivity contribution in [2.24, 2.45) is 0 Å². The molecule has 0 saturated heterocycles. The lowest BCUT2D eigenvalue weighted by Gasteiger charge is -2.04. The van der Waals surface area contributed by atoms with Gasteiger partial charge in [0.1, 0.15) is 0 Å². The smallest absolute Gasteiger partial charge is 0.0701 e. The summed E-state index contributed by atoms with van der Waals surface area (Å²) in [5, 5.41) is 70.8. The number of carboxylic acid groups (broad SMARTS) is 4. The fourth-order valence-electron chi connectivity index (χ4n) is 0.902. The molecule has 0 radical (unpaired) electrons. The van der Waals surface area contributed by atoms with E-state index in [9.17, 15) is 39.6 Å². The van der Waals surface area contributed by atoms with Crippen LogP contribution in [0, 0.1) is 0 Å². The van der Waals surface area contributed by atoms with Crippen LogP contribution in [-0.2, 0) is 38.1 Å². The molecule has 16 heteroatoms. The Morgan fingerprint density at radius 2 is 0.523 bits per heavy atom. The Hall–Kier alpha value is -3.48. The summed E-state index contributed by atoms with van der Waals surface area (Å²) in [7, 11) is 0. The molecule has 0 spiro atoms. The molecule has 4 N–H and O–H groups in total. The van der Waals surface area contributed by atoms with Crippen LogP contribution in [0.2, 0.25) is 0 Å². The van der Waals surface area contributed by atoms with Gasteiger partial charge in [-0.1, -0.05) is 26.3 Å². The van der Waals surface area contributed by atoms with Crippen LogP contribution in [0.25, 0.3) is 0 Å². The summed E-state index contributed by atoms with van der Waals surface area (Å²) in [5.74, 6) is -4.74. The molecule has 0 fully saturated rings. The van der Waals surface area contributed by atoms with Gasteiger partial charge in [-0.2, -0.15) is 0 Å². The van der Waals surface area contributed by atoms with Crippen LogP contribution < -0.4 is 20.4 Å². The monoisotopic (exact) mass is 640 g/mol. The van der Waals surface area contributed by atoms with Gasteiger partial charge in [0.25, 0.3) is 0 Å². The van der Waals surface area contributed by atoms with Gasteiger partial charge in [0.2, 0.25) is 0 Å². The normalized spacial score (nSPS) is 8.73. The van der Waals surface area contributed by atoms with Gasteiger partial charge < -0.3 is 79.0 Å². The molecular formula is C28H48O16-4. The SMILES string of the molecule is C=C(C)C(=O)[O-].C=C(C)C(=O)[O-].C=C(C)C(=O)[O-].C=C(C)C(=O)[O-].OCCOCCO.OCCOCCOCCOCCO. The maximum absolute atomic E-state index is 9.49. The zero-order valence-corrected chi connectivity index (χ0v) is 26.0. The standard InChI is InChI=1S/C8H18O5.C4H10O3.4C4H6O2/c9-1-3-11-5-7-13-8-6-12-4-2-10;5-1-3-7-4-2-6;4*1-3(2)4(5)6/h9-10H,1-8H2;5-6H,1-4H2;4*1H2,2H3,(H,5,6)/p-4. The molecule has 0 aromatic carbocycles. The molecule has 16 nitrogen and oxygen atoms in total. The minimum Gasteiger partial charge on any atom is -0.545 e. The third-order valence-electron chi connectivity index (χ3n) is 3.08. The first kappa shape index (κ1) is 53.1. The molecule has 0 atom stereocenters. The molecule has 0 aliphatic rings. The number of ether oxygens (including phenoxy) is 4. The minimum atomic E-state index is -1.19. The van der Waals surface area contributed by atoms with E-state index in [0.717, 1.165) is 0 Å². The number of carbonyl (C=O) groups is 4. The van der Waals surface area contributed by atoms with Crippen LogP contribution in [-0.4, -0.2) is 124 Å². The first-order valence-electron chi connectivity index (χ1n) is 12.6. The molecule has 0 bridgehead atoms. The van der Waals surface area contributed by atoms with Crippen molar-refractivity contribution in [3.63, 3.8) is 0 Å². The Labute approximate surface area is 258 Å². The maximum atomic E-state index is 9.49. The number of hydrogen-bond donors (Lipinski definition) is 4. The fourth-order valence-corrected chi connectivity index (χ4v) is 0.902. The summed E-state index contributed by atoms with van der Waals surface area (Å²) >= 11 is 0. The summed E-state index contributed by atoms with van der Waals surface area (Å²) in [6.07, 6.45) is 0. The van der Waals surface area contributed by atoms with E-state index in [1.807, 2.05) is 0 Å².